The molecular formula is C51H29N3O3S2. The first-order chi connectivity index (χ1) is 29.2. The molecule has 0 saturated heterocycles. The molecule has 59 heavy (non-hydrogen) atoms. The van der Waals surface area contributed by atoms with Crippen LogP contribution in [-0.2, 0) is 0 Å². The Bertz CT molecular complexity index is 3240. The molecule has 0 amide bonds. The molecule has 0 atom stereocenters. The summed E-state index contributed by atoms with van der Waals surface area (Å²) in [6.45, 7) is 0. The second-order valence-corrected chi connectivity index (χ2v) is 16.5. The lowest BCUT2D eigenvalue weighted by atomic mass is 9.94. The van der Waals surface area contributed by atoms with E-state index in [2.05, 4.69) is 66.7 Å². The lowest BCUT2D eigenvalue weighted by molar-refractivity contribution is 0.454. The van der Waals surface area contributed by atoms with Gasteiger partial charge in [0.15, 0.2) is 17.5 Å². The topological polar surface area (TPSA) is 70.3 Å². The van der Waals surface area contributed by atoms with Crippen molar-refractivity contribution in [2.75, 3.05) is 0 Å². The van der Waals surface area contributed by atoms with Crippen LogP contribution < -0.4 is 9.47 Å². The number of ether oxygens (including phenoxy) is 2. The fraction of sp³-hybridized carbons (Fsp3) is 0. The molecule has 278 valence electrons. The molecule has 10 aromatic rings. The highest BCUT2D eigenvalue weighted by Gasteiger charge is 2.24. The van der Waals surface area contributed by atoms with Crippen molar-refractivity contribution in [1.82, 2.24) is 15.0 Å². The van der Waals surface area contributed by atoms with Gasteiger partial charge >= 0.3 is 0 Å². The summed E-state index contributed by atoms with van der Waals surface area (Å²) in [5.41, 5.74) is 8.32. The van der Waals surface area contributed by atoms with Crippen LogP contribution in [0.4, 0.5) is 0 Å². The van der Waals surface area contributed by atoms with E-state index in [9.17, 15) is 0 Å². The van der Waals surface area contributed by atoms with E-state index < -0.39 is 0 Å². The molecule has 2 aliphatic rings. The van der Waals surface area contributed by atoms with E-state index in [1.54, 1.807) is 23.5 Å². The SMILES string of the molecule is c1ccc(-c2nc(-c3ccccc3)nc(-c3cccc4oc5c(-c6ccc7c(c6)Sc6ccccc6O7)cc(-c6ccc7c(c6)Sc6ccccc6O7)cc5c34)n2)cc1. The number of benzene rings is 8. The average molecular weight is 796 g/mol. The normalized spacial score (nSPS) is 12.5. The van der Waals surface area contributed by atoms with Gasteiger partial charge in [-0.3, -0.25) is 0 Å². The average Bonchev–Trinajstić information content (AvgIpc) is 3.69. The van der Waals surface area contributed by atoms with E-state index in [4.69, 9.17) is 28.8 Å². The smallest absolute Gasteiger partial charge is 0.164 e. The van der Waals surface area contributed by atoms with E-state index in [-0.39, 0.29) is 0 Å². The van der Waals surface area contributed by atoms with Gasteiger partial charge in [0.2, 0.25) is 0 Å². The first-order valence-corrected chi connectivity index (χ1v) is 20.9. The molecule has 0 spiro atoms. The summed E-state index contributed by atoms with van der Waals surface area (Å²) >= 11 is 3.44. The van der Waals surface area contributed by atoms with Crippen molar-refractivity contribution >= 4 is 45.5 Å². The quantitative estimate of drug-likeness (QED) is 0.171. The van der Waals surface area contributed by atoms with Gasteiger partial charge in [0.05, 0.1) is 19.6 Å². The van der Waals surface area contributed by atoms with Crippen LogP contribution in [0.3, 0.4) is 0 Å². The first-order valence-electron chi connectivity index (χ1n) is 19.2. The van der Waals surface area contributed by atoms with Crippen molar-refractivity contribution in [1.29, 1.82) is 0 Å². The van der Waals surface area contributed by atoms with Crippen LogP contribution in [0, 0.1) is 0 Å². The molecule has 2 aromatic heterocycles. The highest BCUT2D eigenvalue weighted by Crippen LogP contribution is 2.51. The zero-order chi connectivity index (χ0) is 38.9. The lowest BCUT2D eigenvalue weighted by Gasteiger charge is -2.21. The minimum Gasteiger partial charge on any atom is -0.455 e. The summed E-state index contributed by atoms with van der Waals surface area (Å²) in [6.07, 6.45) is 0. The molecule has 0 aliphatic carbocycles. The Morgan fingerprint density at radius 3 is 1.54 bits per heavy atom. The number of aromatic nitrogens is 3. The third-order valence-corrected chi connectivity index (χ3v) is 12.8. The maximum Gasteiger partial charge on any atom is 0.164 e. The fourth-order valence-electron chi connectivity index (χ4n) is 7.83. The molecule has 12 rings (SSSR count). The van der Waals surface area contributed by atoms with Crippen molar-refractivity contribution in [3.05, 3.63) is 176 Å². The van der Waals surface area contributed by atoms with Crippen LogP contribution in [0.15, 0.2) is 200 Å². The van der Waals surface area contributed by atoms with E-state index in [0.717, 1.165) is 103 Å². The van der Waals surface area contributed by atoms with Crippen LogP contribution in [0.1, 0.15) is 0 Å². The lowest BCUT2D eigenvalue weighted by Crippen LogP contribution is -2.00. The number of hydrogen-bond acceptors (Lipinski definition) is 8. The third-order valence-electron chi connectivity index (χ3n) is 10.6. The summed E-state index contributed by atoms with van der Waals surface area (Å²) in [7, 11) is 0. The van der Waals surface area contributed by atoms with Gasteiger partial charge in [-0.1, -0.05) is 133 Å². The van der Waals surface area contributed by atoms with Crippen molar-refractivity contribution in [2.45, 2.75) is 19.6 Å². The van der Waals surface area contributed by atoms with Gasteiger partial charge in [-0.2, -0.15) is 0 Å². The molecule has 0 unspecified atom stereocenters. The summed E-state index contributed by atoms with van der Waals surface area (Å²) in [4.78, 5) is 19.5. The Labute approximate surface area is 347 Å². The summed E-state index contributed by atoms with van der Waals surface area (Å²) in [5.74, 6) is 5.20. The molecule has 4 heterocycles. The first kappa shape index (κ1) is 34.0. The Hall–Kier alpha value is -7.13. The molecule has 2 aliphatic heterocycles. The maximum atomic E-state index is 6.92. The molecule has 8 heteroatoms. The largest absolute Gasteiger partial charge is 0.455 e. The number of fused-ring (bicyclic) bond motifs is 7. The van der Waals surface area contributed by atoms with Gasteiger partial charge in [-0.25, -0.2) is 15.0 Å². The molecular weight excluding hydrogens is 767 g/mol. The predicted molar refractivity (Wildman–Crippen MR) is 236 cm³/mol. The summed E-state index contributed by atoms with van der Waals surface area (Å²) in [6, 6.07) is 59.9. The molecule has 0 radical (unpaired) electrons. The van der Waals surface area contributed by atoms with Crippen molar-refractivity contribution in [3.8, 4) is 79.4 Å². The summed E-state index contributed by atoms with van der Waals surface area (Å²) in [5, 5.41) is 1.90. The number of para-hydroxylation sites is 2. The standard InChI is InChI=1S/C51H29N3O3S2/c1-3-12-30(13-4-1)49-52-50(31-14-5-2-6-15-31)54-51(53-49)35-16-11-19-42-47(35)37-27-34(32-22-24-40-45(28-32)58-43-20-9-7-17-38(43)55-40)26-36(48(37)57-42)33-23-25-41-46(29-33)59-44-21-10-8-18-39(44)56-41/h1-29H. The minimum absolute atomic E-state index is 0.569. The Morgan fingerprint density at radius 2 is 0.898 bits per heavy atom. The van der Waals surface area contributed by atoms with Crippen LogP contribution in [0.5, 0.6) is 23.0 Å². The molecule has 8 aromatic carbocycles. The highest BCUT2D eigenvalue weighted by atomic mass is 32.2. The van der Waals surface area contributed by atoms with E-state index in [1.165, 1.54) is 0 Å². The fourth-order valence-corrected chi connectivity index (χ4v) is 9.81. The second kappa shape index (κ2) is 13.8. The van der Waals surface area contributed by atoms with E-state index in [1.807, 2.05) is 109 Å². The van der Waals surface area contributed by atoms with Gasteiger partial charge < -0.3 is 13.9 Å². The van der Waals surface area contributed by atoms with Crippen molar-refractivity contribution in [2.24, 2.45) is 0 Å². The second-order valence-electron chi connectivity index (χ2n) is 14.3. The van der Waals surface area contributed by atoms with Crippen LogP contribution in [0.2, 0.25) is 0 Å². The zero-order valence-corrected chi connectivity index (χ0v) is 32.8. The summed E-state index contributed by atoms with van der Waals surface area (Å²) < 4.78 is 19.6. The number of hydrogen-bond donors (Lipinski definition) is 0. The minimum atomic E-state index is 0.569. The number of rotatable bonds is 5. The van der Waals surface area contributed by atoms with E-state index >= 15 is 0 Å². The van der Waals surface area contributed by atoms with Gasteiger partial charge in [-0.15, -0.1) is 0 Å². The molecule has 0 bridgehead atoms. The Morgan fingerprint density at radius 1 is 0.356 bits per heavy atom. The monoisotopic (exact) mass is 795 g/mol. The Balaban J connectivity index is 1.08. The number of nitrogens with zero attached hydrogens (tertiary/aromatic N) is 3. The predicted octanol–water partition coefficient (Wildman–Crippen LogP) is 14.6. The highest BCUT2D eigenvalue weighted by molar-refractivity contribution is 7.99. The van der Waals surface area contributed by atoms with Gasteiger partial charge in [0.25, 0.3) is 0 Å². The van der Waals surface area contributed by atoms with Crippen LogP contribution in [-0.4, -0.2) is 15.0 Å². The van der Waals surface area contributed by atoms with Crippen LogP contribution >= 0.6 is 23.5 Å². The third kappa shape index (κ3) is 5.95. The van der Waals surface area contributed by atoms with Gasteiger partial charge in [-0.05, 0) is 83.4 Å². The zero-order valence-electron chi connectivity index (χ0n) is 31.1. The molecule has 6 nitrogen and oxygen atoms in total. The maximum absolute atomic E-state index is 6.92. The van der Waals surface area contributed by atoms with Crippen molar-refractivity contribution in [3.63, 3.8) is 0 Å². The van der Waals surface area contributed by atoms with E-state index in [0.29, 0.717) is 17.5 Å². The van der Waals surface area contributed by atoms with Gasteiger partial charge in [0, 0.05) is 33.0 Å². The van der Waals surface area contributed by atoms with Crippen LogP contribution in [0.25, 0.3) is 78.4 Å². The van der Waals surface area contributed by atoms with Crippen molar-refractivity contribution < 1.29 is 13.9 Å². The molecule has 0 fully saturated rings. The number of furan rings is 1. The Kier molecular flexibility index (Phi) is 7.92. The molecule has 0 N–H and O–H groups in total. The van der Waals surface area contributed by atoms with Gasteiger partial charge in [0.1, 0.15) is 34.2 Å². The molecule has 0 saturated carbocycles.